The topological polar surface area (TPSA) is 125 Å². The summed E-state index contributed by atoms with van der Waals surface area (Å²) in [4.78, 5) is 53.6. The molecule has 1 aromatic heterocycles. The predicted octanol–water partition coefficient (Wildman–Crippen LogP) is 2.46. The Morgan fingerprint density at radius 1 is 0.950 bits per heavy atom. The van der Waals surface area contributed by atoms with Crippen molar-refractivity contribution in [1.82, 2.24) is 9.80 Å². The first-order valence-corrected chi connectivity index (χ1v) is 13.9. The Morgan fingerprint density at radius 3 is 2.12 bits per heavy atom. The van der Waals surface area contributed by atoms with Crippen molar-refractivity contribution in [3.63, 3.8) is 0 Å². The van der Waals surface area contributed by atoms with Crippen LogP contribution in [0.25, 0.3) is 11.0 Å². The van der Waals surface area contributed by atoms with Crippen molar-refractivity contribution >= 4 is 40.6 Å². The summed E-state index contributed by atoms with van der Waals surface area (Å²) in [5.74, 6) is -1.05. The maximum Gasteiger partial charge on any atom is 0.336 e. The number of aryl methyl sites for hydroxylation is 1. The van der Waals surface area contributed by atoms with Gasteiger partial charge in [-0.25, -0.2) is 4.79 Å². The van der Waals surface area contributed by atoms with E-state index in [0.717, 1.165) is 10.9 Å². The molecular formula is C28H38N2O9S. The Bertz CT molecular complexity index is 1280. The Labute approximate surface area is 238 Å². The number of carbonyl (C=O) groups is 3. The molecule has 0 N–H and O–H groups in total. The minimum atomic E-state index is -1.13. The van der Waals surface area contributed by atoms with Crippen LogP contribution in [0.5, 0.6) is 5.75 Å². The van der Waals surface area contributed by atoms with Crippen molar-refractivity contribution in [2.24, 2.45) is 5.41 Å². The molecule has 1 fully saturated rings. The third kappa shape index (κ3) is 8.45. The van der Waals surface area contributed by atoms with E-state index in [2.05, 4.69) is 0 Å². The molecule has 40 heavy (non-hydrogen) atoms. The van der Waals surface area contributed by atoms with Gasteiger partial charge in [0.1, 0.15) is 11.3 Å². The molecule has 0 spiro atoms. The third-order valence-electron chi connectivity index (χ3n) is 5.85. The molecule has 0 amide bonds. The highest BCUT2D eigenvalue weighted by molar-refractivity contribution is 7.99. The van der Waals surface area contributed by atoms with Crippen molar-refractivity contribution in [1.29, 1.82) is 0 Å². The third-order valence-corrected chi connectivity index (χ3v) is 7.07. The smallest absolute Gasteiger partial charge is 0.336 e. The van der Waals surface area contributed by atoms with Crippen molar-refractivity contribution in [2.45, 2.75) is 51.4 Å². The van der Waals surface area contributed by atoms with E-state index in [4.69, 9.17) is 23.4 Å². The second-order valence-corrected chi connectivity index (χ2v) is 12.4. The number of benzene rings is 1. The largest absolute Gasteiger partial charge is 0.476 e. The van der Waals surface area contributed by atoms with Crippen molar-refractivity contribution < 1.29 is 37.7 Å². The van der Waals surface area contributed by atoms with Gasteiger partial charge >= 0.3 is 23.5 Å². The molecule has 220 valence electrons. The highest BCUT2D eigenvalue weighted by Gasteiger charge is 2.49. The van der Waals surface area contributed by atoms with Gasteiger partial charge in [-0.15, -0.1) is 11.8 Å². The van der Waals surface area contributed by atoms with Crippen LogP contribution >= 0.6 is 11.8 Å². The lowest BCUT2D eigenvalue weighted by Gasteiger charge is -2.41. The average molecular weight is 579 g/mol. The predicted molar refractivity (Wildman–Crippen MR) is 150 cm³/mol. The first-order chi connectivity index (χ1) is 18.6. The monoisotopic (exact) mass is 578 g/mol. The van der Waals surface area contributed by atoms with Crippen LogP contribution in [0.15, 0.2) is 33.5 Å². The molecule has 2 aromatic rings. The minimum absolute atomic E-state index is 0.0287. The molecule has 0 aliphatic carbocycles. The molecule has 0 unspecified atom stereocenters. The van der Waals surface area contributed by atoms with Gasteiger partial charge in [-0.2, -0.15) is 0 Å². The fourth-order valence-electron chi connectivity index (χ4n) is 3.93. The van der Waals surface area contributed by atoms with E-state index in [9.17, 15) is 19.2 Å². The average Bonchev–Trinajstić information content (AvgIpc) is 2.80. The molecule has 1 aromatic carbocycles. The summed E-state index contributed by atoms with van der Waals surface area (Å²) in [6.07, 6.45) is -3.14. The highest BCUT2D eigenvalue weighted by atomic mass is 32.2. The van der Waals surface area contributed by atoms with E-state index in [1.165, 1.54) is 17.8 Å². The number of thioether (sulfide) groups is 1. The van der Waals surface area contributed by atoms with Crippen LogP contribution in [0.1, 0.15) is 26.3 Å². The van der Waals surface area contributed by atoms with E-state index in [1.807, 2.05) is 6.92 Å². The number of rotatable bonds is 9. The molecule has 3 rings (SSSR count). The van der Waals surface area contributed by atoms with Crippen LogP contribution in [-0.2, 0) is 28.6 Å². The number of carbonyl (C=O) groups excluding carboxylic acids is 3. The van der Waals surface area contributed by atoms with Gasteiger partial charge in [0.15, 0.2) is 23.7 Å². The summed E-state index contributed by atoms with van der Waals surface area (Å²) >= 11 is 1.26. The van der Waals surface area contributed by atoms with E-state index in [-0.39, 0.29) is 18.8 Å². The molecule has 4 atom stereocenters. The Morgan fingerprint density at radius 2 is 1.55 bits per heavy atom. The second kappa shape index (κ2) is 13.0. The summed E-state index contributed by atoms with van der Waals surface area (Å²) in [7, 11) is 6.88. The lowest BCUT2D eigenvalue weighted by molar-refractivity contribution is -0.192. The quantitative estimate of drug-likeness (QED) is 0.247. The maximum atomic E-state index is 12.8. The van der Waals surface area contributed by atoms with E-state index in [0.29, 0.717) is 11.3 Å². The van der Waals surface area contributed by atoms with Crippen LogP contribution in [0, 0.1) is 12.3 Å². The van der Waals surface area contributed by atoms with Crippen molar-refractivity contribution in [2.75, 3.05) is 47.0 Å². The van der Waals surface area contributed by atoms with Gasteiger partial charge in [-0.05, 0) is 73.6 Å². The summed E-state index contributed by atoms with van der Waals surface area (Å²) in [5.41, 5.74) is -1.02. The lowest BCUT2D eigenvalue weighted by atomic mass is 9.97. The fraction of sp³-hybridized carbons (Fsp3) is 0.571. The Balaban J connectivity index is 1.98. The van der Waals surface area contributed by atoms with Crippen LogP contribution in [-0.4, -0.2) is 98.5 Å². The van der Waals surface area contributed by atoms with Gasteiger partial charge in [-0.1, -0.05) is 0 Å². The number of nitrogens with zero attached hydrogens (tertiary/aromatic N) is 2. The normalized spacial score (nSPS) is 21.4. The molecule has 2 heterocycles. The fourth-order valence-corrected chi connectivity index (χ4v) is 5.15. The first kappa shape index (κ1) is 31.4. The molecule has 0 radical (unpaired) electrons. The zero-order valence-electron chi connectivity index (χ0n) is 24.2. The number of ether oxygens (including phenoxy) is 4. The van der Waals surface area contributed by atoms with Gasteiger partial charge in [0, 0.05) is 23.3 Å². The minimum Gasteiger partial charge on any atom is -0.476 e. The number of likely N-dealkylation sites (N-methyl/N-ethyl adjacent to an activating group) is 2. The zero-order valence-corrected chi connectivity index (χ0v) is 25.0. The van der Waals surface area contributed by atoms with Crippen LogP contribution in [0.2, 0.25) is 0 Å². The first-order valence-electron chi connectivity index (χ1n) is 12.9. The summed E-state index contributed by atoms with van der Waals surface area (Å²) < 4.78 is 29.0. The van der Waals surface area contributed by atoms with Gasteiger partial charge in [-0.3, -0.25) is 24.2 Å². The molecule has 1 aliphatic heterocycles. The molecule has 1 saturated heterocycles. The Kier molecular flexibility index (Phi) is 10.3. The van der Waals surface area contributed by atoms with Gasteiger partial charge in [0.2, 0.25) is 0 Å². The summed E-state index contributed by atoms with van der Waals surface area (Å²) in [6.45, 7) is 6.91. The molecular weight excluding hydrogens is 540 g/mol. The second-order valence-electron chi connectivity index (χ2n) is 11.3. The lowest BCUT2D eigenvalue weighted by Crippen LogP contribution is -2.57. The molecule has 0 saturated carbocycles. The van der Waals surface area contributed by atoms with Crippen molar-refractivity contribution in [3.8, 4) is 5.75 Å². The highest BCUT2D eigenvalue weighted by Crippen LogP contribution is 2.36. The summed E-state index contributed by atoms with van der Waals surface area (Å²) in [6, 6.07) is 6.48. The molecule has 0 bridgehead atoms. The Hall–Kier alpha value is -3.09. The number of hydrogen-bond acceptors (Lipinski definition) is 12. The SMILES string of the molecule is Cc1cc(=O)oc2cc(O[C@@H]3SC[C@@H](OC(=O)C(C)(C)C)[C@H](OC(=O)CN(C)C)[C@H]3OC(=O)CN(C)C)ccc12. The van der Waals surface area contributed by atoms with Crippen LogP contribution < -0.4 is 10.4 Å². The van der Waals surface area contributed by atoms with Gasteiger partial charge in [0.25, 0.3) is 0 Å². The standard InChI is InChI=1S/C28H38N2O9S/c1-16-11-21(31)36-19-12-17(9-10-18(16)19)35-26-25(39-23(33)14-30(7)8)24(38-22(32)13-29(5)6)20(15-40-26)37-27(34)28(2,3)4/h9-12,20,24-26H,13-15H2,1-8H3/t20-,24+,25-,26-/m1/s1. The molecule has 12 heteroatoms. The number of hydrogen-bond donors (Lipinski definition) is 0. The summed E-state index contributed by atoms with van der Waals surface area (Å²) in [5, 5.41) is 0.752. The van der Waals surface area contributed by atoms with Crippen LogP contribution in [0.3, 0.4) is 0 Å². The molecule has 1 aliphatic rings. The van der Waals surface area contributed by atoms with Crippen molar-refractivity contribution in [3.05, 3.63) is 40.2 Å². The number of esters is 3. The van der Waals surface area contributed by atoms with E-state index in [1.54, 1.807) is 77.0 Å². The van der Waals surface area contributed by atoms with E-state index >= 15 is 0 Å². The molecule has 11 nitrogen and oxygen atoms in total. The maximum absolute atomic E-state index is 12.8. The van der Waals surface area contributed by atoms with Gasteiger partial charge in [0.05, 0.1) is 18.5 Å². The zero-order chi connectivity index (χ0) is 29.8. The number of fused-ring (bicyclic) bond motifs is 1. The van der Waals surface area contributed by atoms with Crippen LogP contribution in [0.4, 0.5) is 0 Å². The van der Waals surface area contributed by atoms with E-state index < -0.39 is 52.7 Å². The van der Waals surface area contributed by atoms with Gasteiger partial charge < -0.3 is 23.4 Å².